The first-order valence-electron chi connectivity index (χ1n) is 8.20. The van der Waals surface area contributed by atoms with E-state index in [9.17, 15) is 0 Å². The first-order valence-corrected chi connectivity index (χ1v) is 8.61. The van der Waals surface area contributed by atoms with Crippen LogP contribution in [-0.2, 0) is 6.54 Å². The molecule has 0 aliphatic rings. The highest BCUT2D eigenvalue weighted by atomic mass is 32.1. The Labute approximate surface area is 135 Å². The largest absolute Gasteiger partial charge is 0.389 e. The number of benzene rings is 1. The molecule has 0 fully saturated rings. The van der Waals surface area contributed by atoms with Crippen LogP contribution in [0.25, 0.3) is 0 Å². The maximum atomic E-state index is 5.68. The highest BCUT2D eigenvalue weighted by molar-refractivity contribution is 7.80. The minimum absolute atomic E-state index is 0.478. The second-order valence-corrected chi connectivity index (χ2v) is 6.36. The molecule has 0 aliphatic carbocycles. The van der Waals surface area contributed by atoms with Gasteiger partial charge in [0.1, 0.15) is 4.99 Å². The summed E-state index contributed by atoms with van der Waals surface area (Å²) in [6.45, 7) is 4.39. The third kappa shape index (κ3) is 8.18. The number of hydrogen-bond donors (Lipinski definition) is 1. The number of rotatable bonds is 11. The number of nitrogens with two attached hydrogens (primary N) is 1. The topological polar surface area (TPSA) is 29.3 Å². The summed E-state index contributed by atoms with van der Waals surface area (Å²) in [5, 5.41) is 0. The highest BCUT2D eigenvalue weighted by Gasteiger charge is 2.02. The Kier molecular flexibility index (Phi) is 9.27. The molecule has 0 bridgehead atoms. The van der Waals surface area contributed by atoms with Crippen molar-refractivity contribution in [3.05, 3.63) is 35.4 Å². The van der Waals surface area contributed by atoms with Gasteiger partial charge in [-0.05, 0) is 31.6 Å². The van der Waals surface area contributed by atoms with Crippen LogP contribution in [0, 0.1) is 0 Å². The first kappa shape index (κ1) is 18.1. The molecule has 1 aromatic rings. The molecule has 0 aliphatic heterocycles. The van der Waals surface area contributed by atoms with Crippen LogP contribution in [0.2, 0.25) is 0 Å². The SMILES string of the molecule is CCCCCCCCCN(C)Cc1cccc(C(N)=S)c1. The van der Waals surface area contributed by atoms with E-state index >= 15 is 0 Å². The van der Waals surface area contributed by atoms with Gasteiger partial charge in [-0.3, -0.25) is 0 Å². The lowest BCUT2D eigenvalue weighted by atomic mass is 10.1. The van der Waals surface area contributed by atoms with Crippen LogP contribution in [0.15, 0.2) is 24.3 Å². The molecule has 0 aromatic heterocycles. The first-order chi connectivity index (χ1) is 10.1. The zero-order chi connectivity index (χ0) is 15.5. The molecule has 118 valence electrons. The number of hydrogen-bond acceptors (Lipinski definition) is 2. The lowest BCUT2D eigenvalue weighted by Crippen LogP contribution is -2.19. The Balaban J connectivity index is 2.20. The van der Waals surface area contributed by atoms with Gasteiger partial charge in [-0.25, -0.2) is 0 Å². The van der Waals surface area contributed by atoms with Crippen molar-refractivity contribution in [3.63, 3.8) is 0 Å². The van der Waals surface area contributed by atoms with E-state index in [1.165, 1.54) is 50.5 Å². The van der Waals surface area contributed by atoms with Gasteiger partial charge in [0, 0.05) is 12.1 Å². The minimum atomic E-state index is 0.478. The normalized spacial score (nSPS) is 11.0. The van der Waals surface area contributed by atoms with Crippen molar-refractivity contribution < 1.29 is 0 Å². The molecule has 0 amide bonds. The third-order valence-corrected chi connectivity index (χ3v) is 4.04. The van der Waals surface area contributed by atoms with Gasteiger partial charge in [0.2, 0.25) is 0 Å². The molecular weight excluding hydrogens is 276 g/mol. The molecular formula is C18H30N2S. The van der Waals surface area contributed by atoms with Crippen molar-refractivity contribution in [1.82, 2.24) is 4.90 Å². The Morgan fingerprint density at radius 2 is 1.76 bits per heavy atom. The average molecular weight is 307 g/mol. The second kappa shape index (κ2) is 10.7. The van der Waals surface area contributed by atoms with Gasteiger partial charge in [-0.2, -0.15) is 0 Å². The molecule has 0 atom stereocenters. The van der Waals surface area contributed by atoms with Crippen LogP contribution in [0.5, 0.6) is 0 Å². The zero-order valence-corrected chi connectivity index (χ0v) is 14.4. The van der Waals surface area contributed by atoms with Crippen LogP contribution in [0.4, 0.5) is 0 Å². The second-order valence-electron chi connectivity index (χ2n) is 5.92. The Morgan fingerprint density at radius 3 is 2.43 bits per heavy atom. The van der Waals surface area contributed by atoms with Crippen LogP contribution in [-0.4, -0.2) is 23.5 Å². The molecule has 2 nitrogen and oxygen atoms in total. The summed E-state index contributed by atoms with van der Waals surface area (Å²) >= 11 is 5.03. The summed E-state index contributed by atoms with van der Waals surface area (Å²) in [7, 11) is 2.19. The summed E-state index contributed by atoms with van der Waals surface area (Å²) in [5.74, 6) is 0. The monoisotopic (exact) mass is 306 g/mol. The van der Waals surface area contributed by atoms with Gasteiger partial charge in [-0.1, -0.05) is 75.9 Å². The molecule has 3 heteroatoms. The molecule has 2 N–H and O–H groups in total. The van der Waals surface area contributed by atoms with Crippen LogP contribution < -0.4 is 5.73 Å². The van der Waals surface area contributed by atoms with Crippen molar-refractivity contribution in [2.24, 2.45) is 5.73 Å². The maximum Gasteiger partial charge on any atom is 0.103 e. The minimum Gasteiger partial charge on any atom is -0.389 e. The molecule has 0 saturated carbocycles. The Bertz CT molecular complexity index is 417. The quantitative estimate of drug-likeness (QED) is 0.482. The molecule has 0 radical (unpaired) electrons. The maximum absolute atomic E-state index is 5.68. The van der Waals surface area contributed by atoms with Gasteiger partial charge in [0.15, 0.2) is 0 Å². The molecule has 1 rings (SSSR count). The highest BCUT2D eigenvalue weighted by Crippen LogP contribution is 2.10. The molecule has 0 heterocycles. The summed E-state index contributed by atoms with van der Waals surface area (Å²) in [6.07, 6.45) is 9.53. The molecule has 21 heavy (non-hydrogen) atoms. The predicted molar refractivity (Wildman–Crippen MR) is 96.7 cm³/mol. The van der Waals surface area contributed by atoms with Gasteiger partial charge in [-0.15, -0.1) is 0 Å². The van der Waals surface area contributed by atoms with Gasteiger partial charge < -0.3 is 10.6 Å². The zero-order valence-electron chi connectivity index (χ0n) is 13.6. The van der Waals surface area contributed by atoms with E-state index in [2.05, 4.69) is 31.0 Å². The molecule has 1 aromatic carbocycles. The smallest absolute Gasteiger partial charge is 0.103 e. The summed E-state index contributed by atoms with van der Waals surface area (Å²) in [4.78, 5) is 2.86. The predicted octanol–water partition coefficient (Wildman–Crippen LogP) is 4.50. The number of thiocarbonyl (C=S) groups is 1. The summed E-state index contributed by atoms with van der Waals surface area (Å²) < 4.78 is 0. The van der Waals surface area contributed by atoms with Gasteiger partial charge >= 0.3 is 0 Å². The Hall–Kier alpha value is -0.930. The van der Waals surface area contributed by atoms with E-state index in [1.54, 1.807) is 0 Å². The molecule has 0 saturated heterocycles. The van der Waals surface area contributed by atoms with E-state index in [4.69, 9.17) is 18.0 Å². The van der Waals surface area contributed by atoms with E-state index < -0.39 is 0 Å². The van der Waals surface area contributed by atoms with Crippen molar-refractivity contribution in [3.8, 4) is 0 Å². The van der Waals surface area contributed by atoms with Crippen molar-refractivity contribution in [2.75, 3.05) is 13.6 Å². The lowest BCUT2D eigenvalue weighted by Gasteiger charge is -2.17. The van der Waals surface area contributed by atoms with Crippen LogP contribution in [0.3, 0.4) is 0 Å². The van der Waals surface area contributed by atoms with Gasteiger partial charge in [0.25, 0.3) is 0 Å². The number of unbranched alkanes of at least 4 members (excludes halogenated alkanes) is 6. The third-order valence-electron chi connectivity index (χ3n) is 3.81. The fraction of sp³-hybridized carbons (Fsp3) is 0.611. The van der Waals surface area contributed by atoms with Crippen molar-refractivity contribution in [2.45, 2.75) is 58.4 Å². The fourth-order valence-electron chi connectivity index (χ4n) is 2.55. The van der Waals surface area contributed by atoms with Crippen molar-refractivity contribution in [1.29, 1.82) is 0 Å². The van der Waals surface area contributed by atoms with E-state index in [0.29, 0.717) is 4.99 Å². The van der Waals surface area contributed by atoms with Crippen LogP contribution >= 0.6 is 12.2 Å². The standard InChI is InChI=1S/C18H30N2S/c1-3-4-5-6-7-8-9-13-20(2)15-16-11-10-12-17(14-16)18(19)21/h10-12,14H,3-9,13,15H2,1-2H3,(H2,19,21). The van der Waals surface area contributed by atoms with E-state index in [-0.39, 0.29) is 0 Å². The lowest BCUT2D eigenvalue weighted by molar-refractivity contribution is 0.316. The van der Waals surface area contributed by atoms with Gasteiger partial charge in [0.05, 0.1) is 0 Å². The molecule has 0 spiro atoms. The summed E-state index contributed by atoms with van der Waals surface area (Å²) in [6, 6.07) is 8.25. The number of nitrogens with zero attached hydrogens (tertiary/aromatic N) is 1. The average Bonchev–Trinajstić information content (AvgIpc) is 2.46. The fourth-order valence-corrected chi connectivity index (χ4v) is 2.68. The summed E-state index contributed by atoms with van der Waals surface area (Å²) in [5.41, 5.74) is 7.93. The Morgan fingerprint density at radius 1 is 1.10 bits per heavy atom. The van der Waals surface area contributed by atoms with Crippen molar-refractivity contribution >= 4 is 17.2 Å². The van der Waals surface area contributed by atoms with E-state index in [0.717, 1.165) is 18.7 Å². The van der Waals surface area contributed by atoms with E-state index in [1.807, 2.05) is 12.1 Å². The molecule has 0 unspecified atom stereocenters. The van der Waals surface area contributed by atoms with Crippen LogP contribution in [0.1, 0.15) is 63.0 Å².